The topological polar surface area (TPSA) is 59.3 Å². The number of hydrogen-bond acceptors (Lipinski definition) is 4. The van der Waals surface area contributed by atoms with E-state index in [1.54, 1.807) is 17.6 Å². The highest BCUT2D eigenvalue weighted by atomic mass is 32.1. The van der Waals surface area contributed by atoms with Crippen molar-refractivity contribution in [1.29, 1.82) is 0 Å². The maximum atomic E-state index is 12.3. The third kappa shape index (κ3) is 4.55. The fourth-order valence-electron chi connectivity index (χ4n) is 3.11. The fraction of sp³-hybridized carbons (Fsp3) is 0.125. The summed E-state index contributed by atoms with van der Waals surface area (Å²) in [5, 5.41) is 10.9. The summed E-state index contributed by atoms with van der Waals surface area (Å²) in [7, 11) is 0. The molecule has 2 aromatic carbocycles. The van der Waals surface area contributed by atoms with E-state index >= 15 is 0 Å². The van der Waals surface area contributed by atoms with Crippen LogP contribution in [-0.4, -0.2) is 21.9 Å². The Morgan fingerprint density at radius 2 is 1.93 bits per heavy atom. The minimum Gasteiger partial charge on any atom is -0.273 e. The summed E-state index contributed by atoms with van der Waals surface area (Å²) in [6, 6.07) is 20.0. The van der Waals surface area contributed by atoms with Crippen LogP contribution in [0.3, 0.4) is 0 Å². The molecule has 0 radical (unpaired) electrons. The predicted molar refractivity (Wildman–Crippen MR) is 122 cm³/mol. The predicted octanol–water partition coefficient (Wildman–Crippen LogP) is 4.91. The summed E-state index contributed by atoms with van der Waals surface area (Å²) < 4.78 is 1.83. The van der Waals surface area contributed by atoms with Crippen molar-refractivity contribution in [3.63, 3.8) is 0 Å². The largest absolute Gasteiger partial charge is 0.273 e. The molecule has 0 spiro atoms. The fourth-order valence-corrected chi connectivity index (χ4v) is 3.84. The van der Waals surface area contributed by atoms with E-state index in [9.17, 15) is 4.79 Å². The molecule has 0 saturated carbocycles. The van der Waals surface area contributed by atoms with Crippen LogP contribution in [0.1, 0.15) is 22.3 Å². The molecular weight excluding hydrogens is 392 g/mol. The Morgan fingerprint density at radius 3 is 2.67 bits per heavy atom. The summed E-state index contributed by atoms with van der Waals surface area (Å²) in [6.07, 6.45) is 3.86. The van der Waals surface area contributed by atoms with Gasteiger partial charge in [-0.05, 0) is 54.1 Å². The number of para-hydroxylation sites is 1. The van der Waals surface area contributed by atoms with Gasteiger partial charge >= 0.3 is 0 Å². The second-order valence-corrected chi connectivity index (χ2v) is 8.03. The average Bonchev–Trinajstić information content (AvgIpc) is 3.41. The third-order valence-corrected chi connectivity index (χ3v) is 5.72. The van der Waals surface area contributed by atoms with Gasteiger partial charge in [-0.15, -0.1) is 11.3 Å². The number of amides is 1. The summed E-state index contributed by atoms with van der Waals surface area (Å²) >= 11 is 1.62. The third-order valence-electron chi connectivity index (χ3n) is 4.85. The van der Waals surface area contributed by atoms with E-state index in [0.717, 1.165) is 27.4 Å². The van der Waals surface area contributed by atoms with Crippen molar-refractivity contribution in [1.82, 2.24) is 15.2 Å². The number of aromatic nitrogens is 2. The highest BCUT2D eigenvalue weighted by Crippen LogP contribution is 2.26. The Kier molecular flexibility index (Phi) is 5.86. The molecule has 1 amide bonds. The molecule has 0 aliphatic rings. The average molecular weight is 415 g/mol. The van der Waals surface area contributed by atoms with Gasteiger partial charge in [-0.1, -0.05) is 42.5 Å². The van der Waals surface area contributed by atoms with Crippen LogP contribution in [0, 0.1) is 13.8 Å². The van der Waals surface area contributed by atoms with E-state index < -0.39 is 0 Å². The second kappa shape index (κ2) is 8.88. The number of carbonyl (C=O) groups is 1. The summed E-state index contributed by atoms with van der Waals surface area (Å²) in [6.45, 7) is 4.11. The molecule has 1 N–H and O–H groups in total. The highest BCUT2D eigenvalue weighted by Gasteiger charge is 2.12. The molecule has 6 heteroatoms. The van der Waals surface area contributed by atoms with Gasteiger partial charge in [0.15, 0.2) is 0 Å². The Hall–Kier alpha value is -3.51. The first kappa shape index (κ1) is 19.8. The van der Waals surface area contributed by atoms with E-state index in [1.807, 2.05) is 83.8 Å². The molecule has 2 aromatic heterocycles. The lowest BCUT2D eigenvalue weighted by molar-refractivity contribution is -0.120. The second-order valence-electron chi connectivity index (χ2n) is 7.08. The summed E-state index contributed by atoms with van der Waals surface area (Å²) in [5.41, 5.74) is 8.64. The zero-order chi connectivity index (χ0) is 20.9. The maximum Gasteiger partial charge on any atom is 0.244 e. The number of thiophene rings is 1. The van der Waals surface area contributed by atoms with Crippen LogP contribution in [0.5, 0.6) is 0 Å². The van der Waals surface area contributed by atoms with E-state index in [-0.39, 0.29) is 5.91 Å². The summed E-state index contributed by atoms with van der Waals surface area (Å²) in [5.74, 6) is -0.150. The van der Waals surface area contributed by atoms with Crippen LogP contribution in [0.15, 0.2) is 77.3 Å². The van der Waals surface area contributed by atoms with Crippen molar-refractivity contribution in [2.75, 3.05) is 0 Å². The van der Waals surface area contributed by atoms with Gasteiger partial charge in [-0.3, -0.25) is 4.79 Å². The van der Waals surface area contributed by atoms with Crippen LogP contribution in [0.4, 0.5) is 0 Å². The van der Waals surface area contributed by atoms with Crippen molar-refractivity contribution in [2.24, 2.45) is 5.10 Å². The van der Waals surface area contributed by atoms with Crippen LogP contribution in [-0.2, 0) is 11.2 Å². The van der Waals surface area contributed by atoms with E-state index in [0.29, 0.717) is 6.42 Å². The first-order valence-corrected chi connectivity index (χ1v) is 10.5. The first-order chi connectivity index (χ1) is 14.6. The number of nitrogens with zero attached hydrogens (tertiary/aromatic N) is 3. The number of hydrazone groups is 1. The minimum absolute atomic E-state index is 0.150. The van der Waals surface area contributed by atoms with Gasteiger partial charge in [-0.25, -0.2) is 10.1 Å². The smallest absolute Gasteiger partial charge is 0.244 e. The van der Waals surface area contributed by atoms with Crippen molar-refractivity contribution in [3.8, 4) is 16.3 Å². The van der Waals surface area contributed by atoms with Crippen molar-refractivity contribution < 1.29 is 4.79 Å². The molecule has 4 rings (SSSR count). The highest BCUT2D eigenvalue weighted by molar-refractivity contribution is 7.13. The molecule has 4 aromatic rings. The van der Waals surface area contributed by atoms with Crippen molar-refractivity contribution >= 4 is 23.5 Å². The van der Waals surface area contributed by atoms with Gasteiger partial charge in [0.1, 0.15) is 5.69 Å². The number of nitrogens with one attached hydrogen (secondary N) is 1. The number of carbonyl (C=O) groups excluding carboxylic acids is 1. The van der Waals surface area contributed by atoms with Crippen LogP contribution in [0.25, 0.3) is 16.3 Å². The quantitative estimate of drug-likeness (QED) is 0.360. The Morgan fingerprint density at radius 1 is 1.10 bits per heavy atom. The Balaban J connectivity index is 1.51. The van der Waals surface area contributed by atoms with Crippen LogP contribution in [0.2, 0.25) is 0 Å². The Labute approximate surface area is 179 Å². The molecule has 0 aliphatic heterocycles. The van der Waals surface area contributed by atoms with Gasteiger partial charge in [0, 0.05) is 11.8 Å². The number of rotatable bonds is 6. The van der Waals surface area contributed by atoms with Crippen molar-refractivity contribution in [3.05, 3.63) is 94.5 Å². The standard InChI is InChI=1S/C24H22N4OS/c1-17-10-11-19(13-18(17)2)14-23(29)26-25-15-20-16-28(21-7-4-3-5-8-21)27-24(20)22-9-6-12-30-22/h3-13,15-16H,14H2,1-2H3,(H,26,29). The lowest BCUT2D eigenvalue weighted by atomic mass is 10.0. The molecule has 30 heavy (non-hydrogen) atoms. The van der Waals surface area contributed by atoms with Gasteiger partial charge in [0.05, 0.1) is 23.2 Å². The molecule has 0 aliphatic carbocycles. The van der Waals surface area contributed by atoms with Gasteiger partial charge in [0.2, 0.25) is 5.91 Å². The lowest BCUT2D eigenvalue weighted by Gasteiger charge is -2.04. The molecule has 0 fully saturated rings. The maximum absolute atomic E-state index is 12.3. The zero-order valence-electron chi connectivity index (χ0n) is 16.9. The van der Waals surface area contributed by atoms with E-state index in [1.165, 1.54) is 11.1 Å². The van der Waals surface area contributed by atoms with E-state index in [4.69, 9.17) is 5.10 Å². The molecule has 150 valence electrons. The molecular formula is C24H22N4OS. The normalized spacial score (nSPS) is 11.1. The molecule has 2 heterocycles. The first-order valence-electron chi connectivity index (χ1n) is 9.67. The minimum atomic E-state index is -0.150. The van der Waals surface area contributed by atoms with Crippen molar-refractivity contribution in [2.45, 2.75) is 20.3 Å². The number of benzene rings is 2. The summed E-state index contributed by atoms with van der Waals surface area (Å²) in [4.78, 5) is 13.3. The molecule has 0 atom stereocenters. The molecule has 0 saturated heterocycles. The molecule has 5 nitrogen and oxygen atoms in total. The van der Waals surface area contributed by atoms with E-state index in [2.05, 4.69) is 17.5 Å². The Bertz CT molecular complexity index is 1180. The van der Waals surface area contributed by atoms with Crippen LogP contribution < -0.4 is 5.43 Å². The van der Waals surface area contributed by atoms with Gasteiger partial charge in [-0.2, -0.15) is 10.2 Å². The van der Waals surface area contributed by atoms with Crippen LogP contribution >= 0.6 is 11.3 Å². The lowest BCUT2D eigenvalue weighted by Crippen LogP contribution is -2.19. The number of aryl methyl sites for hydroxylation is 2. The molecule has 0 bridgehead atoms. The zero-order valence-corrected chi connectivity index (χ0v) is 17.7. The molecule has 0 unspecified atom stereocenters. The van der Waals surface area contributed by atoms with Gasteiger partial charge in [0.25, 0.3) is 0 Å². The SMILES string of the molecule is Cc1ccc(CC(=O)NN=Cc2cn(-c3ccccc3)nc2-c2cccs2)cc1C. The number of hydrogen-bond donors (Lipinski definition) is 1. The van der Waals surface area contributed by atoms with Gasteiger partial charge < -0.3 is 0 Å². The monoisotopic (exact) mass is 414 g/mol.